The van der Waals surface area contributed by atoms with Crippen molar-refractivity contribution < 1.29 is 9.18 Å². The van der Waals surface area contributed by atoms with Crippen LogP contribution in [0.3, 0.4) is 0 Å². The third kappa shape index (κ3) is 2.90. The zero-order valence-corrected chi connectivity index (χ0v) is 15.3. The summed E-state index contributed by atoms with van der Waals surface area (Å²) in [5, 5.41) is 7.64. The van der Waals surface area contributed by atoms with Gasteiger partial charge < -0.3 is 5.32 Å². The van der Waals surface area contributed by atoms with Crippen molar-refractivity contribution in [3.8, 4) is 5.69 Å². The molecular formula is C20H18FN3OS. The monoisotopic (exact) mass is 367 g/mol. The van der Waals surface area contributed by atoms with Crippen LogP contribution in [0, 0.1) is 19.7 Å². The first-order chi connectivity index (χ1) is 12.5. The molecule has 0 spiro atoms. The number of anilines is 1. The summed E-state index contributed by atoms with van der Waals surface area (Å²) >= 11 is 1.53. The number of aromatic nitrogens is 2. The van der Waals surface area contributed by atoms with E-state index in [2.05, 4.69) is 5.32 Å². The number of amides is 1. The number of rotatable bonds is 2. The molecule has 4 rings (SSSR count). The number of carbonyl (C=O) groups is 1. The Morgan fingerprint density at radius 1 is 1.15 bits per heavy atom. The Morgan fingerprint density at radius 2 is 1.88 bits per heavy atom. The largest absolute Gasteiger partial charge is 0.310 e. The van der Waals surface area contributed by atoms with Gasteiger partial charge in [0.15, 0.2) is 0 Å². The average Bonchev–Trinajstić information content (AvgIpc) is 2.82. The van der Waals surface area contributed by atoms with Gasteiger partial charge in [-0.1, -0.05) is 30.3 Å². The van der Waals surface area contributed by atoms with Crippen molar-refractivity contribution in [2.45, 2.75) is 19.1 Å². The zero-order valence-electron chi connectivity index (χ0n) is 14.5. The second-order valence-electron chi connectivity index (χ2n) is 6.34. The molecule has 0 bridgehead atoms. The van der Waals surface area contributed by atoms with Gasteiger partial charge in [0.05, 0.1) is 22.4 Å². The third-order valence-electron chi connectivity index (χ3n) is 4.52. The van der Waals surface area contributed by atoms with Crippen LogP contribution in [0.5, 0.6) is 0 Å². The van der Waals surface area contributed by atoms with E-state index in [1.165, 1.54) is 23.9 Å². The maximum absolute atomic E-state index is 13.4. The number of nitrogens with one attached hydrogen (secondary N) is 1. The fourth-order valence-electron chi connectivity index (χ4n) is 3.26. The Labute approximate surface area is 155 Å². The minimum absolute atomic E-state index is 0.0596. The maximum atomic E-state index is 13.4. The lowest BCUT2D eigenvalue weighted by molar-refractivity contribution is -0.113. The number of hydrogen-bond donors (Lipinski definition) is 1. The van der Waals surface area contributed by atoms with Crippen molar-refractivity contribution in [3.63, 3.8) is 0 Å². The number of para-hydroxylation sites is 1. The Morgan fingerprint density at radius 3 is 2.62 bits per heavy atom. The lowest BCUT2D eigenvalue weighted by atomic mass is 10.0. The highest BCUT2D eigenvalue weighted by atomic mass is 32.2. The molecule has 2 heterocycles. The number of hydrogen-bond acceptors (Lipinski definition) is 3. The molecule has 1 aromatic heterocycles. The molecule has 26 heavy (non-hydrogen) atoms. The molecule has 6 heteroatoms. The Balaban J connectivity index is 1.91. The summed E-state index contributed by atoms with van der Waals surface area (Å²) in [6.07, 6.45) is 0. The molecule has 0 aliphatic carbocycles. The van der Waals surface area contributed by atoms with E-state index >= 15 is 0 Å². The Kier molecular flexibility index (Phi) is 4.28. The number of aryl methyl sites for hydroxylation is 2. The van der Waals surface area contributed by atoms with Crippen molar-refractivity contribution in [2.24, 2.45) is 0 Å². The molecule has 0 unspecified atom stereocenters. The second-order valence-corrected chi connectivity index (χ2v) is 7.43. The van der Waals surface area contributed by atoms with Crippen LogP contribution in [0.15, 0.2) is 48.5 Å². The van der Waals surface area contributed by atoms with Crippen molar-refractivity contribution in [3.05, 3.63) is 76.7 Å². The molecule has 1 aliphatic heterocycles. The van der Waals surface area contributed by atoms with E-state index in [4.69, 9.17) is 5.10 Å². The number of benzene rings is 2. The van der Waals surface area contributed by atoms with Gasteiger partial charge >= 0.3 is 0 Å². The van der Waals surface area contributed by atoms with Crippen LogP contribution in [0.1, 0.15) is 27.6 Å². The first-order valence-electron chi connectivity index (χ1n) is 8.37. The molecule has 1 amide bonds. The summed E-state index contributed by atoms with van der Waals surface area (Å²) in [5.41, 5.74) is 4.79. The van der Waals surface area contributed by atoms with Gasteiger partial charge in [0, 0.05) is 5.56 Å². The van der Waals surface area contributed by atoms with Gasteiger partial charge in [-0.3, -0.25) is 4.79 Å². The van der Waals surface area contributed by atoms with Crippen molar-refractivity contribution in [1.29, 1.82) is 0 Å². The molecule has 132 valence electrons. The summed E-state index contributed by atoms with van der Waals surface area (Å²) in [7, 11) is 0. The maximum Gasteiger partial charge on any atom is 0.235 e. The minimum Gasteiger partial charge on any atom is -0.310 e. The van der Waals surface area contributed by atoms with Crippen LogP contribution in [-0.4, -0.2) is 21.4 Å². The SMILES string of the molecule is Cc1ccccc1-n1nc(C)c2c1NC(=O)CS[C@@H]2c1ccc(F)cc1. The first kappa shape index (κ1) is 16.8. The predicted molar refractivity (Wildman–Crippen MR) is 102 cm³/mol. The minimum atomic E-state index is -0.269. The lowest BCUT2D eigenvalue weighted by Crippen LogP contribution is -2.16. The number of nitrogens with zero attached hydrogens (tertiary/aromatic N) is 2. The molecule has 1 atom stereocenters. The number of halogens is 1. The lowest BCUT2D eigenvalue weighted by Gasteiger charge is -2.15. The molecule has 3 aromatic rings. The van der Waals surface area contributed by atoms with Gasteiger partial charge in [-0.05, 0) is 43.2 Å². The molecule has 1 aliphatic rings. The van der Waals surface area contributed by atoms with E-state index in [-0.39, 0.29) is 17.0 Å². The van der Waals surface area contributed by atoms with E-state index in [1.807, 2.05) is 38.1 Å². The Hall–Kier alpha value is -2.60. The van der Waals surface area contributed by atoms with Gasteiger partial charge in [0.25, 0.3) is 0 Å². The highest BCUT2D eigenvalue weighted by Crippen LogP contribution is 2.43. The van der Waals surface area contributed by atoms with E-state index in [0.29, 0.717) is 11.6 Å². The van der Waals surface area contributed by atoms with Crippen molar-refractivity contribution in [1.82, 2.24) is 9.78 Å². The van der Waals surface area contributed by atoms with Crippen LogP contribution < -0.4 is 5.32 Å². The van der Waals surface area contributed by atoms with Crippen LogP contribution in [0.2, 0.25) is 0 Å². The highest BCUT2D eigenvalue weighted by Gasteiger charge is 2.30. The Bertz CT molecular complexity index is 981. The van der Waals surface area contributed by atoms with Crippen LogP contribution in [0.4, 0.5) is 10.2 Å². The smallest absolute Gasteiger partial charge is 0.235 e. The van der Waals surface area contributed by atoms with Gasteiger partial charge in [-0.25, -0.2) is 9.07 Å². The zero-order chi connectivity index (χ0) is 18.3. The summed E-state index contributed by atoms with van der Waals surface area (Å²) in [6.45, 7) is 3.96. The average molecular weight is 367 g/mol. The summed E-state index contributed by atoms with van der Waals surface area (Å²) < 4.78 is 15.2. The molecule has 4 nitrogen and oxygen atoms in total. The van der Waals surface area contributed by atoms with Gasteiger partial charge in [-0.2, -0.15) is 5.10 Å². The van der Waals surface area contributed by atoms with E-state index < -0.39 is 0 Å². The van der Waals surface area contributed by atoms with E-state index in [9.17, 15) is 9.18 Å². The van der Waals surface area contributed by atoms with Crippen LogP contribution in [-0.2, 0) is 4.79 Å². The van der Waals surface area contributed by atoms with Gasteiger partial charge in [-0.15, -0.1) is 11.8 Å². The molecule has 0 saturated carbocycles. The van der Waals surface area contributed by atoms with Crippen LogP contribution >= 0.6 is 11.8 Å². The molecule has 0 saturated heterocycles. The normalized spacial score (nSPS) is 16.7. The first-order valence-corrected chi connectivity index (χ1v) is 9.42. The third-order valence-corrected chi connectivity index (χ3v) is 5.79. The fraction of sp³-hybridized carbons (Fsp3) is 0.200. The van der Waals surface area contributed by atoms with Gasteiger partial charge in [0.1, 0.15) is 11.6 Å². The summed E-state index contributed by atoms with van der Waals surface area (Å²) in [4.78, 5) is 12.3. The van der Waals surface area contributed by atoms with E-state index in [0.717, 1.165) is 28.1 Å². The number of thioether (sulfide) groups is 1. The molecule has 0 radical (unpaired) electrons. The molecule has 2 aromatic carbocycles. The fourth-order valence-corrected chi connectivity index (χ4v) is 4.45. The summed E-state index contributed by atoms with van der Waals surface area (Å²) in [5.74, 6) is 0.704. The second kappa shape index (κ2) is 6.61. The number of carbonyl (C=O) groups excluding carboxylic acids is 1. The predicted octanol–water partition coefficient (Wildman–Crippen LogP) is 4.40. The molecule has 1 N–H and O–H groups in total. The quantitative estimate of drug-likeness (QED) is 0.730. The highest BCUT2D eigenvalue weighted by molar-refractivity contribution is 8.00. The van der Waals surface area contributed by atoms with Crippen LogP contribution in [0.25, 0.3) is 5.69 Å². The standard InChI is InChI=1S/C20H18FN3OS/c1-12-5-3-4-6-16(12)24-20-18(13(2)23-24)19(26-11-17(25)22-20)14-7-9-15(21)10-8-14/h3-10,19H,11H2,1-2H3,(H,22,25)/t19-/m1/s1. The van der Waals surface area contributed by atoms with Gasteiger partial charge in [0.2, 0.25) is 5.91 Å². The number of fused-ring (bicyclic) bond motifs is 1. The van der Waals surface area contributed by atoms with Crippen molar-refractivity contribution >= 4 is 23.5 Å². The molecular weight excluding hydrogens is 349 g/mol. The molecule has 0 fully saturated rings. The summed E-state index contributed by atoms with van der Waals surface area (Å²) in [6, 6.07) is 14.4. The topological polar surface area (TPSA) is 46.9 Å². The van der Waals surface area contributed by atoms with E-state index in [1.54, 1.807) is 16.8 Å². The van der Waals surface area contributed by atoms with Crippen molar-refractivity contribution in [2.75, 3.05) is 11.1 Å².